The number of carbonyl (C=O) groups is 2. The summed E-state index contributed by atoms with van der Waals surface area (Å²) in [4.78, 5) is 25.9. The van der Waals surface area contributed by atoms with Crippen molar-refractivity contribution in [3.8, 4) is 0 Å². The summed E-state index contributed by atoms with van der Waals surface area (Å²) in [5.41, 5.74) is 0.409. The molecule has 1 aromatic carbocycles. The highest BCUT2D eigenvalue weighted by Crippen LogP contribution is 2.21. The predicted octanol–water partition coefficient (Wildman–Crippen LogP) is 2.82. The molecule has 100 valence electrons. The smallest absolute Gasteiger partial charge is 0.355 e. The summed E-state index contributed by atoms with van der Waals surface area (Å²) in [5, 5.41) is 9.58. The van der Waals surface area contributed by atoms with Gasteiger partial charge in [-0.2, -0.15) is 0 Å². The summed E-state index contributed by atoms with van der Waals surface area (Å²) in [6, 6.07) is 6.35. The lowest BCUT2D eigenvalue weighted by Crippen LogP contribution is -2.24. The normalized spacial score (nSPS) is 11.5. The number of esters is 1. The number of hydrogen-bond donors (Lipinski definition) is 2. The van der Waals surface area contributed by atoms with Crippen molar-refractivity contribution in [3.05, 3.63) is 35.5 Å². The van der Waals surface area contributed by atoms with Gasteiger partial charge < -0.3 is 14.8 Å². The Labute approximate surface area is 110 Å². The third kappa shape index (κ3) is 2.76. The Morgan fingerprint density at radius 1 is 1.26 bits per heavy atom. The van der Waals surface area contributed by atoms with Crippen LogP contribution in [0.4, 0.5) is 0 Å². The number of hydrogen-bond acceptors (Lipinski definition) is 3. The third-order valence-corrected chi connectivity index (χ3v) is 2.51. The number of nitrogens with one attached hydrogen (secondary N) is 1. The maximum absolute atomic E-state index is 11.9. The number of fused-ring (bicyclic) bond motifs is 1. The second kappa shape index (κ2) is 4.42. The summed E-state index contributed by atoms with van der Waals surface area (Å²) >= 11 is 0. The molecule has 2 aromatic rings. The van der Waals surface area contributed by atoms with Gasteiger partial charge in [0.15, 0.2) is 0 Å². The number of rotatable bonds is 2. The molecule has 0 atom stereocenters. The molecule has 0 aliphatic carbocycles. The molecule has 5 nitrogen and oxygen atoms in total. The van der Waals surface area contributed by atoms with Crippen LogP contribution in [0.2, 0.25) is 0 Å². The van der Waals surface area contributed by atoms with Crippen LogP contribution in [0.15, 0.2) is 24.3 Å². The fourth-order valence-electron chi connectivity index (χ4n) is 1.78. The molecule has 19 heavy (non-hydrogen) atoms. The highest BCUT2D eigenvalue weighted by Gasteiger charge is 2.20. The molecule has 0 bridgehead atoms. The van der Waals surface area contributed by atoms with Crippen molar-refractivity contribution in [2.45, 2.75) is 26.4 Å². The second-order valence-electron chi connectivity index (χ2n) is 5.26. The number of benzene rings is 1. The number of H-pyrrole nitrogens is 1. The van der Waals surface area contributed by atoms with Gasteiger partial charge in [0.2, 0.25) is 0 Å². The Bertz CT molecular complexity index is 649. The van der Waals surface area contributed by atoms with Gasteiger partial charge in [-0.25, -0.2) is 9.59 Å². The molecular formula is C14H15NO4. The first-order valence-electron chi connectivity index (χ1n) is 5.86. The highest BCUT2D eigenvalue weighted by atomic mass is 16.6. The fraction of sp³-hybridized carbons (Fsp3) is 0.286. The van der Waals surface area contributed by atoms with Crippen molar-refractivity contribution in [1.82, 2.24) is 4.98 Å². The number of ether oxygens (including phenoxy) is 1. The molecule has 5 heteroatoms. The molecule has 0 saturated heterocycles. The molecule has 0 saturated carbocycles. The van der Waals surface area contributed by atoms with Gasteiger partial charge in [0.25, 0.3) is 0 Å². The van der Waals surface area contributed by atoms with Crippen molar-refractivity contribution >= 4 is 22.8 Å². The van der Waals surface area contributed by atoms with E-state index in [-0.39, 0.29) is 11.3 Å². The summed E-state index contributed by atoms with van der Waals surface area (Å²) < 4.78 is 5.24. The van der Waals surface area contributed by atoms with E-state index in [1.165, 1.54) is 12.1 Å². The lowest BCUT2D eigenvalue weighted by Gasteiger charge is -2.18. The van der Waals surface area contributed by atoms with Crippen LogP contribution < -0.4 is 0 Å². The Kier molecular flexibility index (Phi) is 3.06. The van der Waals surface area contributed by atoms with Gasteiger partial charge in [-0.05, 0) is 39.0 Å². The van der Waals surface area contributed by atoms with Gasteiger partial charge in [0.1, 0.15) is 11.3 Å². The first kappa shape index (κ1) is 13.1. The molecule has 2 rings (SSSR count). The minimum Gasteiger partial charge on any atom is -0.478 e. The summed E-state index contributed by atoms with van der Waals surface area (Å²) in [5.74, 6) is -1.53. The molecule has 0 aliphatic heterocycles. The number of carboxylic acid groups (broad SMARTS) is 1. The van der Waals surface area contributed by atoms with Crippen molar-refractivity contribution in [2.24, 2.45) is 0 Å². The molecule has 0 aliphatic rings. The van der Waals surface area contributed by atoms with Gasteiger partial charge in [0, 0.05) is 10.9 Å². The Hall–Kier alpha value is -2.30. The summed E-state index contributed by atoms with van der Waals surface area (Å²) in [6.07, 6.45) is 0. The lowest BCUT2D eigenvalue weighted by atomic mass is 10.1. The minimum atomic E-state index is -1.03. The van der Waals surface area contributed by atoms with Gasteiger partial charge in [0.05, 0.1) is 5.56 Å². The summed E-state index contributed by atoms with van der Waals surface area (Å²) in [7, 11) is 0. The molecule has 1 heterocycles. The van der Waals surface area contributed by atoms with E-state index in [1.54, 1.807) is 32.9 Å². The maximum Gasteiger partial charge on any atom is 0.355 e. The van der Waals surface area contributed by atoms with Crippen LogP contribution in [-0.4, -0.2) is 27.6 Å². The van der Waals surface area contributed by atoms with Crippen LogP contribution in [0.3, 0.4) is 0 Å². The quantitative estimate of drug-likeness (QED) is 0.815. The van der Waals surface area contributed by atoms with Gasteiger partial charge in [-0.1, -0.05) is 6.07 Å². The van der Waals surface area contributed by atoms with Gasteiger partial charge in [-0.15, -0.1) is 0 Å². The van der Waals surface area contributed by atoms with Crippen molar-refractivity contribution in [1.29, 1.82) is 0 Å². The Morgan fingerprint density at radius 3 is 2.53 bits per heavy atom. The van der Waals surface area contributed by atoms with Crippen molar-refractivity contribution in [2.75, 3.05) is 0 Å². The standard InChI is InChI=1S/C14H15NO4/c1-14(2,3)19-13(18)11-7-9-8(12(16)17)5-4-6-10(9)15-11/h4-7,15H,1-3H3,(H,16,17). The first-order valence-corrected chi connectivity index (χ1v) is 5.86. The zero-order chi connectivity index (χ0) is 14.2. The van der Waals surface area contributed by atoms with E-state index in [9.17, 15) is 9.59 Å². The number of aromatic carboxylic acids is 1. The topological polar surface area (TPSA) is 79.4 Å². The van der Waals surface area contributed by atoms with Crippen LogP contribution in [0.5, 0.6) is 0 Å². The molecule has 0 spiro atoms. The van der Waals surface area contributed by atoms with Gasteiger partial charge in [-0.3, -0.25) is 0 Å². The molecule has 0 radical (unpaired) electrons. The average molecular weight is 261 g/mol. The Balaban J connectivity index is 2.45. The van der Waals surface area contributed by atoms with Crippen molar-refractivity contribution in [3.63, 3.8) is 0 Å². The molecule has 0 fully saturated rings. The monoisotopic (exact) mass is 261 g/mol. The molecule has 2 N–H and O–H groups in total. The SMILES string of the molecule is CC(C)(C)OC(=O)c1cc2c(C(=O)O)cccc2[nH]1. The van der Waals surface area contributed by atoms with Crippen LogP contribution >= 0.6 is 0 Å². The Morgan fingerprint density at radius 2 is 1.95 bits per heavy atom. The van der Waals surface area contributed by atoms with Crippen LogP contribution in [0.25, 0.3) is 10.9 Å². The second-order valence-corrected chi connectivity index (χ2v) is 5.26. The van der Waals surface area contributed by atoms with E-state index in [2.05, 4.69) is 4.98 Å². The van der Waals surface area contributed by atoms with Crippen molar-refractivity contribution < 1.29 is 19.4 Å². The zero-order valence-electron chi connectivity index (χ0n) is 11.0. The number of aromatic amines is 1. The number of carboxylic acids is 1. The number of aromatic nitrogens is 1. The molecular weight excluding hydrogens is 246 g/mol. The molecule has 0 unspecified atom stereocenters. The van der Waals surface area contributed by atoms with E-state index in [0.717, 1.165) is 0 Å². The molecule has 0 amide bonds. The van der Waals surface area contributed by atoms with E-state index >= 15 is 0 Å². The first-order chi connectivity index (χ1) is 8.78. The number of carbonyl (C=O) groups excluding carboxylic acids is 1. The predicted molar refractivity (Wildman–Crippen MR) is 70.4 cm³/mol. The highest BCUT2D eigenvalue weighted by molar-refractivity contribution is 6.05. The molecule has 1 aromatic heterocycles. The largest absolute Gasteiger partial charge is 0.478 e. The van der Waals surface area contributed by atoms with Crippen LogP contribution in [0, 0.1) is 0 Å². The fourth-order valence-corrected chi connectivity index (χ4v) is 1.78. The van der Waals surface area contributed by atoms with Gasteiger partial charge >= 0.3 is 11.9 Å². The lowest BCUT2D eigenvalue weighted by molar-refractivity contribution is 0.00636. The van der Waals surface area contributed by atoms with E-state index < -0.39 is 17.5 Å². The van der Waals surface area contributed by atoms with Crippen LogP contribution in [-0.2, 0) is 4.74 Å². The minimum absolute atomic E-state index is 0.156. The van der Waals surface area contributed by atoms with E-state index in [1.807, 2.05) is 0 Å². The van der Waals surface area contributed by atoms with Crippen LogP contribution in [0.1, 0.15) is 41.6 Å². The third-order valence-electron chi connectivity index (χ3n) is 2.51. The summed E-state index contributed by atoms with van der Waals surface area (Å²) in [6.45, 7) is 5.32. The zero-order valence-corrected chi connectivity index (χ0v) is 11.0. The van der Waals surface area contributed by atoms with E-state index in [0.29, 0.717) is 10.9 Å². The maximum atomic E-state index is 11.9. The van der Waals surface area contributed by atoms with E-state index in [4.69, 9.17) is 9.84 Å². The average Bonchev–Trinajstić information content (AvgIpc) is 2.69.